The van der Waals surface area contributed by atoms with Crippen LogP contribution in [0.25, 0.3) is 10.8 Å². The summed E-state index contributed by atoms with van der Waals surface area (Å²) in [5.41, 5.74) is 0. The van der Waals surface area contributed by atoms with E-state index in [1.54, 1.807) is 11.3 Å². The maximum atomic E-state index is 10.2. The maximum absolute atomic E-state index is 10.2. The zero-order valence-corrected chi connectivity index (χ0v) is 8.01. The highest BCUT2D eigenvalue weighted by molar-refractivity contribution is 7.11. The van der Waals surface area contributed by atoms with Crippen molar-refractivity contribution in [3.8, 4) is 0 Å². The number of benzene rings is 1. The SMILES string of the molecule is O=CCCc1scc2ccccc12. The number of fused-ring (bicyclic) bond motifs is 1. The molecule has 2 rings (SSSR count). The number of carbonyl (C=O) groups is 1. The fourth-order valence-corrected chi connectivity index (χ4v) is 2.46. The first-order valence-corrected chi connectivity index (χ1v) is 5.18. The molecular formula is C11H10OS. The van der Waals surface area contributed by atoms with Crippen LogP contribution in [-0.2, 0) is 11.2 Å². The van der Waals surface area contributed by atoms with Crippen LogP contribution in [0.2, 0.25) is 0 Å². The average Bonchev–Trinajstić information content (AvgIpc) is 2.58. The van der Waals surface area contributed by atoms with Crippen molar-refractivity contribution in [2.45, 2.75) is 12.8 Å². The van der Waals surface area contributed by atoms with Crippen molar-refractivity contribution < 1.29 is 4.79 Å². The molecular weight excluding hydrogens is 180 g/mol. The van der Waals surface area contributed by atoms with Gasteiger partial charge >= 0.3 is 0 Å². The summed E-state index contributed by atoms with van der Waals surface area (Å²) in [5, 5.41) is 4.73. The minimum absolute atomic E-state index is 0.629. The van der Waals surface area contributed by atoms with Crippen LogP contribution in [0, 0.1) is 0 Å². The number of hydrogen-bond donors (Lipinski definition) is 0. The fraction of sp³-hybridized carbons (Fsp3) is 0.182. The Bertz CT molecular complexity index is 417. The molecule has 13 heavy (non-hydrogen) atoms. The van der Waals surface area contributed by atoms with E-state index in [2.05, 4.69) is 17.5 Å². The summed E-state index contributed by atoms with van der Waals surface area (Å²) in [4.78, 5) is 11.6. The molecule has 0 unspecified atom stereocenters. The van der Waals surface area contributed by atoms with Crippen LogP contribution >= 0.6 is 11.3 Å². The summed E-state index contributed by atoms with van der Waals surface area (Å²) in [7, 11) is 0. The summed E-state index contributed by atoms with van der Waals surface area (Å²) in [6.07, 6.45) is 2.49. The third-order valence-electron chi connectivity index (χ3n) is 2.08. The van der Waals surface area contributed by atoms with Gasteiger partial charge in [-0.1, -0.05) is 24.3 Å². The van der Waals surface area contributed by atoms with Gasteiger partial charge in [0.25, 0.3) is 0 Å². The van der Waals surface area contributed by atoms with Gasteiger partial charge < -0.3 is 4.79 Å². The fourth-order valence-electron chi connectivity index (χ4n) is 1.44. The second-order valence-corrected chi connectivity index (χ2v) is 3.92. The highest BCUT2D eigenvalue weighted by Crippen LogP contribution is 2.26. The molecule has 0 bridgehead atoms. The van der Waals surface area contributed by atoms with Crippen LogP contribution in [0.3, 0.4) is 0 Å². The summed E-state index contributed by atoms with van der Waals surface area (Å²) >= 11 is 1.74. The zero-order valence-electron chi connectivity index (χ0n) is 7.19. The number of aldehydes is 1. The average molecular weight is 190 g/mol. The normalized spacial score (nSPS) is 10.5. The number of hydrogen-bond acceptors (Lipinski definition) is 2. The van der Waals surface area contributed by atoms with E-state index in [0.29, 0.717) is 6.42 Å². The van der Waals surface area contributed by atoms with Crippen molar-refractivity contribution >= 4 is 28.4 Å². The molecule has 1 aromatic carbocycles. The van der Waals surface area contributed by atoms with Crippen molar-refractivity contribution in [3.05, 3.63) is 34.5 Å². The molecule has 0 aliphatic carbocycles. The van der Waals surface area contributed by atoms with Crippen molar-refractivity contribution in [1.82, 2.24) is 0 Å². The number of aryl methyl sites for hydroxylation is 1. The predicted molar refractivity (Wildman–Crippen MR) is 56.2 cm³/mol. The van der Waals surface area contributed by atoms with E-state index in [1.807, 2.05) is 12.1 Å². The highest BCUT2D eigenvalue weighted by Gasteiger charge is 2.01. The third kappa shape index (κ3) is 1.63. The van der Waals surface area contributed by atoms with Gasteiger partial charge in [0.1, 0.15) is 6.29 Å². The molecule has 0 N–H and O–H groups in total. The minimum atomic E-state index is 0.629. The minimum Gasteiger partial charge on any atom is -0.303 e. The number of carbonyl (C=O) groups excluding carboxylic acids is 1. The molecule has 0 atom stereocenters. The monoisotopic (exact) mass is 190 g/mol. The van der Waals surface area contributed by atoms with Crippen molar-refractivity contribution in [2.75, 3.05) is 0 Å². The van der Waals surface area contributed by atoms with Gasteiger partial charge in [-0.15, -0.1) is 11.3 Å². The summed E-state index contributed by atoms with van der Waals surface area (Å²) in [5.74, 6) is 0. The van der Waals surface area contributed by atoms with E-state index in [9.17, 15) is 4.79 Å². The Hall–Kier alpha value is -1.15. The lowest BCUT2D eigenvalue weighted by Crippen LogP contribution is -1.81. The Morgan fingerprint density at radius 2 is 2.15 bits per heavy atom. The molecule has 0 radical (unpaired) electrons. The first-order chi connectivity index (χ1) is 6.42. The Labute approximate surface area is 81.0 Å². The van der Waals surface area contributed by atoms with Gasteiger partial charge in [0, 0.05) is 11.3 Å². The lowest BCUT2D eigenvalue weighted by molar-refractivity contribution is -0.107. The lowest BCUT2D eigenvalue weighted by atomic mass is 10.1. The van der Waals surface area contributed by atoms with Gasteiger partial charge in [-0.25, -0.2) is 0 Å². The van der Waals surface area contributed by atoms with E-state index in [-0.39, 0.29) is 0 Å². The Morgan fingerprint density at radius 3 is 3.00 bits per heavy atom. The summed E-state index contributed by atoms with van der Waals surface area (Å²) in [6.45, 7) is 0. The van der Waals surface area contributed by atoms with Crippen LogP contribution in [0.4, 0.5) is 0 Å². The van der Waals surface area contributed by atoms with Crippen molar-refractivity contribution in [1.29, 1.82) is 0 Å². The Morgan fingerprint density at radius 1 is 1.31 bits per heavy atom. The standard InChI is InChI=1S/C11H10OS/c12-7-3-6-11-10-5-2-1-4-9(10)8-13-11/h1-2,4-5,7-8H,3,6H2. The molecule has 2 heteroatoms. The molecule has 1 aromatic heterocycles. The van der Waals surface area contributed by atoms with Crippen molar-refractivity contribution in [3.63, 3.8) is 0 Å². The Balaban J connectivity index is 2.40. The van der Waals surface area contributed by atoms with Crippen LogP contribution in [0.15, 0.2) is 29.6 Å². The molecule has 0 aliphatic rings. The maximum Gasteiger partial charge on any atom is 0.120 e. The van der Waals surface area contributed by atoms with Gasteiger partial charge in [-0.05, 0) is 22.6 Å². The van der Waals surface area contributed by atoms with Gasteiger partial charge in [0.2, 0.25) is 0 Å². The van der Waals surface area contributed by atoms with E-state index in [1.165, 1.54) is 15.6 Å². The van der Waals surface area contributed by atoms with Crippen LogP contribution < -0.4 is 0 Å². The largest absolute Gasteiger partial charge is 0.303 e. The molecule has 66 valence electrons. The molecule has 0 saturated heterocycles. The van der Waals surface area contributed by atoms with E-state index >= 15 is 0 Å². The van der Waals surface area contributed by atoms with Crippen LogP contribution in [0.5, 0.6) is 0 Å². The molecule has 0 aliphatic heterocycles. The molecule has 0 fully saturated rings. The summed E-state index contributed by atoms with van der Waals surface area (Å²) < 4.78 is 0. The zero-order chi connectivity index (χ0) is 9.10. The van der Waals surface area contributed by atoms with Gasteiger partial charge in [0.05, 0.1) is 0 Å². The molecule has 2 aromatic rings. The second-order valence-electron chi connectivity index (χ2n) is 2.95. The summed E-state index contributed by atoms with van der Waals surface area (Å²) in [6, 6.07) is 8.31. The predicted octanol–water partition coefficient (Wildman–Crippen LogP) is 3.03. The number of thiophene rings is 1. The molecule has 1 nitrogen and oxygen atoms in total. The lowest BCUT2D eigenvalue weighted by Gasteiger charge is -1.93. The quantitative estimate of drug-likeness (QED) is 0.680. The van der Waals surface area contributed by atoms with Gasteiger partial charge in [-0.3, -0.25) is 0 Å². The van der Waals surface area contributed by atoms with Crippen molar-refractivity contribution in [2.24, 2.45) is 0 Å². The van der Waals surface area contributed by atoms with E-state index in [0.717, 1.165) is 12.7 Å². The van der Waals surface area contributed by atoms with Crippen LogP contribution in [-0.4, -0.2) is 6.29 Å². The van der Waals surface area contributed by atoms with E-state index < -0.39 is 0 Å². The van der Waals surface area contributed by atoms with Crippen LogP contribution in [0.1, 0.15) is 11.3 Å². The van der Waals surface area contributed by atoms with E-state index in [4.69, 9.17) is 0 Å². The molecule has 0 amide bonds. The first-order valence-electron chi connectivity index (χ1n) is 4.30. The topological polar surface area (TPSA) is 17.1 Å². The second kappa shape index (κ2) is 3.71. The molecule has 1 heterocycles. The molecule has 0 saturated carbocycles. The third-order valence-corrected chi connectivity index (χ3v) is 3.16. The Kier molecular flexibility index (Phi) is 2.41. The van der Waals surface area contributed by atoms with Gasteiger partial charge in [-0.2, -0.15) is 0 Å². The number of rotatable bonds is 3. The van der Waals surface area contributed by atoms with Gasteiger partial charge in [0.15, 0.2) is 0 Å². The smallest absolute Gasteiger partial charge is 0.120 e. The molecule has 0 spiro atoms. The highest BCUT2D eigenvalue weighted by atomic mass is 32.1. The first kappa shape index (κ1) is 8.45.